The predicted molar refractivity (Wildman–Crippen MR) is 71.3 cm³/mol. The van der Waals surface area contributed by atoms with Gasteiger partial charge in [-0.05, 0) is 24.3 Å². The lowest BCUT2D eigenvalue weighted by Crippen LogP contribution is -2.21. The lowest BCUT2D eigenvalue weighted by Gasteiger charge is -2.20. The summed E-state index contributed by atoms with van der Waals surface area (Å²) in [6.07, 6.45) is 0. The molecule has 0 bridgehead atoms. The highest BCUT2D eigenvalue weighted by Crippen LogP contribution is 2.42. The molecule has 3 rings (SSSR count). The van der Waals surface area contributed by atoms with Gasteiger partial charge in [0.05, 0.1) is 18.2 Å². The van der Waals surface area contributed by atoms with Gasteiger partial charge >= 0.3 is 0 Å². The molecular weight excluding hydrogens is 276 g/mol. The van der Waals surface area contributed by atoms with Crippen molar-refractivity contribution in [3.63, 3.8) is 0 Å². The van der Waals surface area contributed by atoms with Gasteiger partial charge in [0.15, 0.2) is 34.6 Å². The van der Waals surface area contributed by atoms with Crippen molar-refractivity contribution in [3.8, 4) is 23.0 Å². The van der Waals surface area contributed by atoms with E-state index < -0.39 is 28.8 Å². The predicted octanol–water partition coefficient (Wildman–Crippen LogP) is 1.59. The lowest BCUT2D eigenvalue weighted by atomic mass is 9.83. The topological polar surface area (TPSA) is 104 Å². The van der Waals surface area contributed by atoms with E-state index in [1.165, 1.54) is 25.3 Å². The standard InChI is InChI=1S/C15H10O6/c1-21-9-5-3-7-11(15(9)20)13(18)6-2-4-8(16)14(19)10(6)12(7)17/h2-5,16,19-20H,1H3. The summed E-state index contributed by atoms with van der Waals surface area (Å²) in [5, 5.41) is 29.4. The van der Waals surface area contributed by atoms with Crippen LogP contribution in [0, 0.1) is 0 Å². The second-order valence-corrected chi connectivity index (χ2v) is 4.55. The molecule has 2 aromatic carbocycles. The Morgan fingerprint density at radius 1 is 0.810 bits per heavy atom. The van der Waals surface area contributed by atoms with E-state index in [0.717, 1.165) is 6.07 Å². The molecule has 0 radical (unpaired) electrons. The number of fused-ring (bicyclic) bond motifs is 2. The molecule has 0 fully saturated rings. The first-order valence-electron chi connectivity index (χ1n) is 6.01. The van der Waals surface area contributed by atoms with Gasteiger partial charge in [0.1, 0.15) is 0 Å². The molecular formula is C15H10O6. The van der Waals surface area contributed by atoms with Crippen molar-refractivity contribution in [1.82, 2.24) is 0 Å². The zero-order chi connectivity index (χ0) is 15.3. The van der Waals surface area contributed by atoms with Crippen LogP contribution >= 0.6 is 0 Å². The fourth-order valence-corrected chi connectivity index (χ4v) is 2.42. The molecule has 0 atom stereocenters. The third kappa shape index (κ3) is 1.59. The summed E-state index contributed by atoms with van der Waals surface area (Å²) in [6.45, 7) is 0. The van der Waals surface area contributed by atoms with Crippen molar-refractivity contribution in [2.45, 2.75) is 0 Å². The molecule has 0 aromatic heterocycles. The van der Waals surface area contributed by atoms with Crippen molar-refractivity contribution in [2.24, 2.45) is 0 Å². The number of hydrogen-bond acceptors (Lipinski definition) is 6. The van der Waals surface area contributed by atoms with E-state index in [-0.39, 0.29) is 28.0 Å². The number of aromatic hydroxyl groups is 3. The van der Waals surface area contributed by atoms with Gasteiger partial charge in [-0.2, -0.15) is 0 Å². The highest BCUT2D eigenvalue weighted by Gasteiger charge is 2.36. The maximum Gasteiger partial charge on any atom is 0.198 e. The van der Waals surface area contributed by atoms with Crippen LogP contribution < -0.4 is 4.74 Å². The fraction of sp³-hybridized carbons (Fsp3) is 0.0667. The fourth-order valence-electron chi connectivity index (χ4n) is 2.42. The number of ether oxygens (including phenoxy) is 1. The number of ketones is 2. The number of hydrogen-bond donors (Lipinski definition) is 3. The zero-order valence-corrected chi connectivity index (χ0v) is 10.9. The van der Waals surface area contributed by atoms with Gasteiger partial charge in [0.25, 0.3) is 0 Å². The normalized spacial score (nSPS) is 12.8. The molecule has 6 nitrogen and oxygen atoms in total. The number of phenolic OH excluding ortho intramolecular Hbond substituents is 3. The summed E-state index contributed by atoms with van der Waals surface area (Å²) in [4.78, 5) is 24.8. The van der Waals surface area contributed by atoms with Gasteiger partial charge in [-0.1, -0.05) is 0 Å². The maximum absolute atomic E-state index is 12.4. The van der Waals surface area contributed by atoms with E-state index in [1.54, 1.807) is 0 Å². The minimum Gasteiger partial charge on any atom is -0.504 e. The molecule has 0 saturated heterocycles. The number of methoxy groups -OCH3 is 1. The van der Waals surface area contributed by atoms with Gasteiger partial charge in [-0.25, -0.2) is 0 Å². The van der Waals surface area contributed by atoms with Crippen LogP contribution in [0.25, 0.3) is 0 Å². The summed E-state index contributed by atoms with van der Waals surface area (Å²) in [7, 11) is 1.33. The van der Waals surface area contributed by atoms with E-state index in [4.69, 9.17) is 4.74 Å². The smallest absolute Gasteiger partial charge is 0.198 e. The molecule has 6 heteroatoms. The molecule has 106 valence electrons. The van der Waals surface area contributed by atoms with E-state index in [2.05, 4.69) is 0 Å². The van der Waals surface area contributed by atoms with Crippen molar-refractivity contribution >= 4 is 11.6 Å². The largest absolute Gasteiger partial charge is 0.504 e. The SMILES string of the molecule is COc1ccc2c(c1O)C(=O)c1ccc(O)c(O)c1C2=O. The Morgan fingerprint density at radius 2 is 1.33 bits per heavy atom. The van der Waals surface area contributed by atoms with Crippen molar-refractivity contribution < 1.29 is 29.6 Å². The number of phenols is 3. The minimum atomic E-state index is -0.647. The van der Waals surface area contributed by atoms with Crippen molar-refractivity contribution in [3.05, 3.63) is 46.5 Å². The van der Waals surface area contributed by atoms with Gasteiger partial charge in [-0.3, -0.25) is 9.59 Å². The van der Waals surface area contributed by atoms with Crippen LogP contribution in [-0.4, -0.2) is 34.0 Å². The number of benzene rings is 2. The Labute approximate surface area is 118 Å². The zero-order valence-electron chi connectivity index (χ0n) is 10.9. The van der Waals surface area contributed by atoms with E-state index in [0.29, 0.717) is 0 Å². The van der Waals surface area contributed by atoms with E-state index in [1.807, 2.05) is 0 Å². The quantitative estimate of drug-likeness (QED) is 0.587. The lowest BCUT2D eigenvalue weighted by molar-refractivity contribution is 0.0973. The molecule has 3 N–H and O–H groups in total. The molecule has 0 aliphatic heterocycles. The molecule has 0 saturated carbocycles. The molecule has 21 heavy (non-hydrogen) atoms. The van der Waals surface area contributed by atoms with E-state index >= 15 is 0 Å². The highest BCUT2D eigenvalue weighted by molar-refractivity contribution is 6.30. The molecule has 0 heterocycles. The minimum absolute atomic E-state index is 0.0494. The van der Waals surface area contributed by atoms with Gasteiger partial charge < -0.3 is 20.1 Å². The third-order valence-electron chi connectivity index (χ3n) is 3.46. The van der Waals surface area contributed by atoms with Crippen LogP contribution in [0.5, 0.6) is 23.0 Å². The number of rotatable bonds is 1. The Kier molecular flexibility index (Phi) is 2.62. The molecule has 0 spiro atoms. The maximum atomic E-state index is 12.4. The summed E-state index contributed by atoms with van der Waals surface area (Å²) in [6, 6.07) is 5.03. The molecule has 1 aliphatic rings. The Morgan fingerprint density at radius 3 is 1.90 bits per heavy atom. The first kappa shape index (κ1) is 13.0. The van der Waals surface area contributed by atoms with Gasteiger partial charge in [0, 0.05) is 11.1 Å². The molecule has 0 amide bonds. The molecule has 1 aliphatic carbocycles. The van der Waals surface area contributed by atoms with E-state index in [9.17, 15) is 24.9 Å². The van der Waals surface area contributed by atoms with Gasteiger partial charge in [0.2, 0.25) is 0 Å². The average Bonchev–Trinajstić information content (AvgIpc) is 2.47. The van der Waals surface area contributed by atoms with Crippen molar-refractivity contribution in [2.75, 3.05) is 7.11 Å². The Bertz CT molecular complexity index is 806. The average molecular weight is 286 g/mol. The van der Waals surface area contributed by atoms with Crippen LogP contribution in [-0.2, 0) is 0 Å². The second kappa shape index (κ2) is 4.24. The Balaban J connectivity index is 2.36. The first-order chi connectivity index (χ1) is 9.97. The summed E-state index contributed by atoms with van der Waals surface area (Å²) < 4.78 is 4.92. The van der Waals surface area contributed by atoms with Crippen LogP contribution in [0.1, 0.15) is 31.8 Å². The number of carbonyl (C=O) groups is 2. The van der Waals surface area contributed by atoms with Crippen LogP contribution in [0.4, 0.5) is 0 Å². The molecule has 0 unspecified atom stereocenters. The third-order valence-corrected chi connectivity index (χ3v) is 3.46. The summed E-state index contributed by atoms with van der Waals surface area (Å²) in [5.74, 6) is -2.76. The van der Waals surface area contributed by atoms with Crippen LogP contribution in [0.3, 0.4) is 0 Å². The summed E-state index contributed by atoms with van der Waals surface area (Å²) >= 11 is 0. The monoisotopic (exact) mass is 286 g/mol. The second-order valence-electron chi connectivity index (χ2n) is 4.55. The van der Waals surface area contributed by atoms with Crippen molar-refractivity contribution in [1.29, 1.82) is 0 Å². The highest BCUT2D eigenvalue weighted by atomic mass is 16.5. The Hall–Kier alpha value is -3.02. The number of carbonyl (C=O) groups excluding carboxylic acids is 2. The summed E-state index contributed by atoms with van der Waals surface area (Å²) in [5.41, 5.74) is -0.563. The van der Waals surface area contributed by atoms with Crippen LogP contribution in [0.15, 0.2) is 24.3 Å². The first-order valence-corrected chi connectivity index (χ1v) is 6.01. The molecule has 2 aromatic rings. The van der Waals surface area contributed by atoms with Gasteiger partial charge in [-0.15, -0.1) is 0 Å². The van der Waals surface area contributed by atoms with Crippen LogP contribution in [0.2, 0.25) is 0 Å².